The number of hydrogen-bond donors (Lipinski definition) is 1. The van der Waals surface area contributed by atoms with Crippen LogP contribution in [0.25, 0.3) is 0 Å². The number of aryl methyl sites for hydroxylation is 1. The molecule has 0 heterocycles. The number of hydrogen-bond acceptors (Lipinski definition) is 3. The van der Waals surface area contributed by atoms with Gasteiger partial charge in [-0.3, -0.25) is 0 Å². The molecule has 1 N–H and O–H groups in total. The number of rotatable bonds is 4. The average molecular weight is 256 g/mol. The van der Waals surface area contributed by atoms with E-state index in [0.717, 1.165) is 0 Å². The number of carboxylic acids is 1. The predicted molar refractivity (Wildman–Crippen MR) is 65.9 cm³/mol. The molecule has 0 aliphatic carbocycles. The first-order chi connectivity index (χ1) is 7.74. The number of sulfone groups is 1. The van der Waals surface area contributed by atoms with Gasteiger partial charge in [0.1, 0.15) is 0 Å². The van der Waals surface area contributed by atoms with E-state index in [1.54, 1.807) is 32.9 Å². The lowest BCUT2D eigenvalue weighted by Gasteiger charge is -2.09. The molecule has 1 aromatic carbocycles. The Morgan fingerprint density at radius 3 is 2.35 bits per heavy atom. The van der Waals surface area contributed by atoms with Crippen molar-refractivity contribution in [1.29, 1.82) is 0 Å². The molecule has 0 unspecified atom stereocenters. The van der Waals surface area contributed by atoms with Crippen LogP contribution in [-0.2, 0) is 15.6 Å². The van der Waals surface area contributed by atoms with Crippen LogP contribution in [0.15, 0.2) is 18.2 Å². The van der Waals surface area contributed by atoms with E-state index in [4.69, 9.17) is 5.11 Å². The molecular formula is C12H16O4S. The van der Waals surface area contributed by atoms with Crippen molar-refractivity contribution >= 4 is 15.8 Å². The van der Waals surface area contributed by atoms with Gasteiger partial charge in [0, 0.05) is 0 Å². The van der Waals surface area contributed by atoms with Gasteiger partial charge >= 0.3 is 5.97 Å². The van der Waals surface area contributed by atoms with E-state index in [1.165, 1.54) is 6.07 Å². The van der Waals surface area contributed by atoms with Crippen LogP contribution in [0.3, 0.4) is 0 Å². The van der Waals surface area contributed by atoms with Crippen LogP contribution in [0.2, 0.25) is 0 Å². The molecule has 4 nitrogen and oxygen atoms in total. The summed E-state index contributed by atoms with van der Waals surface area (Å²) >= 11 is 0. The van der Waals surface area contributed by atoms with E-state index in [9.17, 15) is 13.2 Å². The molecule has 94 valence electrons. The van der Waals surface area contributed by atoms with Gasteiger partial charge < -0.3 is 5.11 Å². The first kappa shape index (κ1) is 13.7. The first-order valence-electron chi connectivity index (χ1n) is 5.28. The van der Waals surface area contributed by atoms with Gasteiger partial charge in [0.25, 0.3) is 0 Å². The zero-order chi connectivity index (χ0) is 13.2. The molecule has 0 amide bonds. The maximum absolute atomic E-state index is 11.7. The Morgan fingerprint density at radius 1 is 1.35 bits per heavy atom. The summed E-state index contributed by atoms with van der Waals surface area (Å²) in [7, 11) is -3.15. The normalized spacial score (nSPS) is 11.8. The summed E-state index contributed by atoms with van der Waals surface area (Å²) in [4.78, 5) is 10.8. The molecule has 0 saturated carbocycles. The number of benzene rings is 1. The maximum atomic E-state index is 11.7. The Balaban J connectivity index is 3.04. The third-order valence-corrected chi connectivity index (χ3v) is 4.78. The summed E-state index contributed by atoms with van der Waals surface area (Å²) < 4.78 is 23.4. The van der Waals surface area contributed by atoms with Gasteiger partial charge in [-0.25, -0.2) is 13.2 Å². The van der Waals surface area contributed by atoms with Crippen molar-refractivity contribution in [3.8, 4) is 0 Å². The Kier molecular flexibility index (Phi) is 3.93. The quantitative estimate of drug-likeness (QED) is 0.894. The minimum Gasteiger partial charge on any atom is -0.478 e. The van der Waals surface area contributed by atoms with Crippen molar-refractivity contribution in [2.45, 2.75) is 31.8 Å². The summed E-state index contributed by atoms with van der Waals surface area (Å²) in [5, 5.41) is 8.43. The third kappa shape index (κ3) is 3.30. The van der Waals surface area contributed by atoms with Crippen LogP contribution < -0.4 is 0 Å². The Labute approximate surface area is 101 Å². The summed E-state index contributed by atoms with van der Waals surface area (Å²) in [5.74, 6) is -1.05. The van der Waals surface area contributed by atoms with Crippen LogP contribution in [0, 0.1) is 6.92 Å². The molecule has 0 radical (unpaired) electrons. The second kappa shape index (κ2) is 4.87. The summed E-state index contributed by atoms with van der Waals surface area (Å²) in [5.41, 5.74) is 1.41. The molecular weight excluding hydrogens is 240 g/mol. The molecule has 17 heavy (non-hydrogen) atoms. The molecule has 0 saturated heterocycles. The van der Waals surface area contributed by atoms with Crippen molar-refractivity contribution in [2.75, 3.05) is 0 Å². The fourth-order valence-electron chi connectivity index (χ4n) is 1.45. The second-order valence-electron chi connectivity index (χ2n) is 4.31. The van der Waals surface area contributed by atoms with Gasteiger partial charge in [-0.05, 0) is 38.0 Å². The molecule has 1 aromatic rings. The van der Waals surface area contributed by atoms with Crippen molar-refractivity contribution in [1.82, 2.24) is 0 Å². The van der Waals surface area contributed by atoms with Crippen molar-refractivity contribution < 1.29 is 18.3 Å². The molecule has 0 fully saturated rings. The van der Waals surface area contributed by atoms with E-state index in [0.29, 0.717) is 11.1 Å². The van der Waals surface area contributed by atoms with Crippen LogP contribution in [0.5, 0.6) is 0 Å². The van der Waals surface area contributed by atoms with Gasteiger partial charge in [0.05, 0.1) is 16.6 Å². The SMILES string of the molecule is Cc1cc(CS(=O)(=O)C(C)C)ccc1C(=O)O. The van der Waals surface area contributed by atoms with Crippen LogP contribution in [0.1, 0.15) is 35.3 Å². The molecule has 0 atom stereocenters. The lowest BCUT2D eigenvalue weighted by molar-refractivity contribution is 0.0696. The average Bonchev–Trinajstić information content (AvgIpc) is 2.15. The lowest BCUT2D eigenvalue weighted by Crippen LogP contribution is -2.16. The summed E-state index contributed by atoms with van der Waals surface area (Å²) in [6.45, 7) is 4.93. The molecule has 0 bridgehead atoms. The second-order valence-corrected chi connectivity index (χ2v) is 6.87. The van der Waals surface area contributed by atoms with E-state index < -0.39 is 21.1 Å². The fourth-order valence-corrected chi connectivity index (χ4v) is 2.43. The highest BCUT2D eigenvalue weighted by Crippen LogP contribution is 2.15. The Hall–Kier alpha value is -1.36. The predicted octanol–water partition coefficient (Wildman–Crippen LogP) is 2.02. The maximum Gasteiger partial charge on any atom is 0.335 e. The highest BCUT2D eigenvalue weighted by Gasteiger charge is 2.17. The molecule has 5 heteroatoms. The lowest BCUT2D eigenvalue weighted by atomic mass is 10.1. The number of aromatic carboxylic acids is 1. The molecule has 0 aliphatic rings. The summed E-state index contributed by atoms with van der Waals surface area (Å²) in [6, 6.07) is 4.61. The Bertz CT molecular complexity index is 529. The monoisotopic (exact) mass is 256 g/mol. The highest BCUT2D eigenvalue weighted by molar-refractivity contribution is 7.91. The molecule has 0 aliphatic heterocycles. The summed E-state index contributed by atoms with van der Waals surface area (Å²) in [6.07, 6.45) is 0. The topological polar surface area (TPSA) is 71.4 Å². The van der Waals surface area contributed by atoms with Crippen molar-refractivity contribution in [3.63, 3.8) is 0 Å². The van der Waals surface area contributed by atoms with E-state index in [1.807, 2.05) is 0 Å². The minimum atomic E-state index is -3.15. The van der Waals surface area contributed by atoms with E-state index in [2.05, 4.69) is 0 Å². The van der Waals surface area contributed by atoms with Crippen molar-refractivity contribution in [3.05, 3.63) is 34.9 Å². The zero-order valence-corrected chi connectivity index (χ0v) is 10.9. The van der Waals surface area contributed by atoms with Gasteiger partial charge in [-0.2, -0.15) is 0 Å². The standard InChI is InChI=1S/C12H16O4S/c1-8(2)17(15,16)7-10-4-5-11(12(13)14)9(3)6-10/h4-6,8H,7H2,1-3H3,(H,13,14). The van der Waals surface area contributed by atoms with E-state index in [-0.39, 0.29) is 11.3 Å². The fraction of sp³-hybridized carbons (Fsp3) is 0.417. The molecule has 0 aromatic heterocycles. The highest BCUT2D eigenvalue weighted by atomic mass is 32.2. The van der Waals surface area contributed by atoms with Gasteiger partial charge in [0.2, 0.25) is 0 Å². The van der Waals surface area contributed by atoms with Gasteiger partial charge in [-0.15, -0.1) is 0 Å². The van der Waals surface area contributed by atoms with Gasteiger partial charge in [-0.1, -0.05) is 12.1 Å². The van der Waals surface area contributed by atoms with Crippen LogP contribution in [-0.4, -0.2) is 24.7 Å². The van der Waals surface area contributed by atoms with Gasteiger partial charge in [0.15, 0.2) is 9.84 Å². The largest absolute Gasteiger partial charge is 0.478 e. The third-order valence-electron chi connectivity index (χ3n) is 2.61. The van der Waals surface area contributed by atoms with E-state index >= 15 is 0 Å². The number of carbonyl (C=O) groups is 1. The Morgan fingerprint density at radius 2 is 1.94 bits per heavy atom. The zero-order valence-electron chi connectivity index (χ0n) is 10.1. The van der Waals surface area contributed by atoms with Crippen molar-refractivity contribution in [2.24, 2.45) is 0 Å². The first-order valence-corrected chi connectivity index (χ1v) is 7.00. The minimum absolute atomic E-state index is 0.0502. The van der Waals surface area contributed by atoms with Crippen LogP contribution in [0.4, 0.5) is 0 Å². The number of carboxylic acid groups (broad SMARTS) is 1. The molecule has 0 spiro atoms. The smallest absolute Gasteiger partial charge is 0.335 e. The molecule has 1 rings (SSSR count). The van der Waals surface area contributed by atoms with Crippen LogP contribution >= 0.6 is 0 Å².